The number of nitrogens with one attached hydrogen (secondary N) is 1. The number of ether oxygens (including phenoxy) is 3. The Balaban J connectivity index is 1.91. The van der Waals surface area contributed by atoms with Gasteiger partial charge in [-0.3, -0.25) is 9.10 Å². The van der Waals surface area contributed by atoms with Gasteiger partial charge in [-0.15, -0.1) is 0 Å². The molecule has 3 rings (SSSR count). The van der Waals surface area contributed by atoms with Gasteiger partial charge in [0.25, 0.3) is 10.0 Å². The molecule has 0 aliphatic carbocycles. The van der Waals surface area contributed by atoms with Crippen LogP contribution in [0.15, 0.2) is 71.6 Å². The highest BCUT2D eigenvalue weighted by Gasteiger charge is 2.28. The quantitative estimate of drug-likeness (QED) is 0.470. The topological polar surface area (TPSA) is 94.2 Å². The third-order valence-electron chi connectivity index (χ3n) is 4.99. The summed E-state index contributed by atoms with van der Waals surface area (Å²) < 4.78 is 56.8. The summed E-state index contributed by atoms with van der Waals surface area (Å²) in [5.74, 6) is 0.215. The van der Waals surface area contributed by atoms with Crippen LogP contribution in [0, 0.1) is 5.82 Å². The monoisotopic (exact) mass is 488 g/mol. The van der Waals surface area contributed by atoms with Crippen molar-refractivity contribution >= 4 is 21.6 Å². The van der Waals surface area contributed by atoms with Crippen molar-refractivity contribution in [2.24, 2.45) is 0 Å². The van der Waals surface area contributed by atoms with E-state index in [1.165, 1.54) is 63.8 Å². The summed E-state index contributed by atoms with van der Waals surface area (Å²) >= 11 is 0. The van der Waals surface area contributed by atoms with Gasteiger partial charge in [-0.2, -0.15) is 0 Å². The Morgan fingerprint density at radius 2 is 1.53 bits per heavy atom. The highest BCUT2D eigenvalue weighted by atomic mass is 32.2. The van der Waals surface area contributed by atoms with Crippen molar-refractivity contribution in [2.75, 3.05) is 32.2 Å². The lowest BCUT2D eigenvalue weighted by Gasteiger charge is -2.24. The largest absolute Gasteiger partial charge is 0.497 e. The van der Waals surface area contributed by atoms with Gasteiger partial charge in [0.1, 0.15) is 18.1 Å². The maximum absolute atomic E-state index is 13.6. The molecule has 0 unspecified atom stereocenters. The number of hydrogen-bond donors (Lipinski definition) is 1. The molecule has 0 spiro atoms. The van der Waals surface area contributed by atoms with Crippen LogP contribution in [0.25, 0.3) is 0 Å². The average Bonchev–Trinajstić information content (AvgIpc) is 2.86. The van der Waals surface area contributed by atoms with Crippen LogP contribution in [0.2, 0.25) is 0 Å². The average molecular weight is 489 g/mol. The van der Waals surface area contributed by atoms with Gasteiger partial charge in [-0.1, -0.05) is 12.1 Å². The van der Waals surface area contributed by atoms with Crippen LogP contribution in [0.4, 0.5) is 10.1 Å². The molecule has 0 heterocycles. The van der Waals surface area contributed by atoms with E-state index in [-0.39, 0.29) is 28.7 Å². The zero-order chi connectivity index (χ0) is 24.7. The molecule has 0 aliphatic heterocycles. The fourth-order valence-corrected chi connectivity index (χ4v) is 4.59. The van der Waals surface area contributed by atoms with Gasteiger partial charge in [0, 0.05) is 12.6 Å². The van der Waals surface area contributed by atoms with E-state index in [2.05, 4.69) is 5.32 Å². The van der Waals surface area contributed by atoms with Crippen molar-refractivity contribution in [1.29, 1.82) is 0 Å². The second kappa shape index (κ2) is 10.9. The minimum absolute atomic E-state index is 0.0766. The fourth-order valence-electron chi connectivity index (χ4n) is 3.16. The number of anilines is 1. The molecular weight excluding hydrogens is 463 g/mol. The van der Waals surface area contributed by atoms with Crippen LogP contribution in [0.3, 0.4) is 0 Å². The van der Waals surface area contributed by atoms with E-state index in [0.29, 0.717) is 17.1 Å². The molecule has 0 saturated heterocycles. The number of halogens is 1. The molecule has 1 amide bonds. The number of hydrogen-bond acceptors (Lipinski definition) is 6. The van der Waals surface area contributed by atoms with Gasteiger partial charge in [0.05, 0.1) is 31.9 Å². The van der Waals surface area contributed by atoms with Crippen LogP contribution < -0.4 is 23.8 Å². The Hall–Kier alpha value is -3.79. The molecule has 3 aromatic rings. The Labute approximate surface area is 197 Å². The van der Waals surface area contributed by atoms with Crippen LogP contribution in [-0.4, -0.2) is 42.2 Å². The Morgan fingerprint density at radius 1 is 0.882 bits per heavy atom. The molecule has 180 valence electrons. The lowest BCUT2D eigenvalue weighted by Crippen LogP contribution is -2.40. The Morgan fingerprint density at radius 3 is 2.12 bits per heavy atom. The van der Waals surface area contributed by atoms with Crippen molar-refractivity contribution in [3.8, 4) is 17.2 Å². The first-order valence-electron chi connectivity index (χ1n) is 10.2. The summed E-state index contributed by atoms with van der Waals surface area (Å²) in [5, 5.41) is 2.67. The summed E-state index contributed by atoms with van der Waals surface area (Å²) in [7, 11) is 0.174. The van der Waals surface area contributed by atoms with E-state index in [1.54, 1.807) is 24.3 Å². The molecule has 0 saturated carbocycles. The van der Waals surface area contributed by atoms with Crippen LogP contribution >= 0.6 is 0 Å². The van der Waals surface area contributed by atoms with E-state index in [0.717, 1.165) is 4.31 Å². The summed E-state index contributed by atoms with van der Waals surface area (Å²) in [6.07, 6.45) is 0. The number of rotatable bonds is 10. The molecule has 0 aliphatic rings. The molecule has 8 nitrogen and oxygen atoms in total. The molecule has 34 heavy (non-hydrogen) atoms. The molecular formula is C24H25FN2O6S. The maximum Gasteiger partial charge on any atom is 0.264 e. The lowest BCUT2D eigenvalue weighted by atomic mass is 10.2. The van der Waals surface area contributed by atoms with Gasteiger partial charge < -0.3 is 19.5 Å². The molecule has 0 radical (unpaired) electrons. The third kappa shape index (κ3) is 5.76. The van der Waals surface area contributed by atoms with E-state index in [4.69, 9.17) is 14.2 Å². The van der Waals surface area contributed by atoms with Crippen LogP contribution in [0.1, 0.15) is 5.56 Å². The normalized spacial score (nSPS) is 10.9. The van der Waals surface area contributed by atoms with Gasteiger partial charge >= 0.3 is 0 Å². The fraction of sp³-hybridized carbons (Fsp3) is 0.208. The maximum atomic E-state index is 13.6. The minimum atomic E-state index is -4.17. The number of methoxy groups -OCH3 is 3. The van der Waals surface area contributed by atoms with Gasteiger partial charge in [-0.25, -0.2) is 12.8 Å². The Bertz CT molecular complexity index is 1230. The molecule has 0 fully saturated rings. The first-order chi connectivity index (χ1) is 16.3. The molecule has 0 atom stereocenters. The van der Waals surface area contributed by atoms with E-state index >= 15 is 0 Å². The summed E-state index contributed by atoms with van der Waals surface area (Å²) in [4.78, 5) is 12.7. The first kappa shape index (κ1) is 24.8. The lowest BCUT2D eigenvalue weighted by molar-refractivity contribution is -0.119. The van der Waals surface area contributed by atoms with Crippen molar-refractivity contribution in [1.82, 2.24) is 5.32 Å². The summed E-state index contributed by atoms with van der Waals surface area (Å²) in [6.45, 7) is -0.365. The van der Waals surface area contributed by atoms with Crippen molar-refractivity contribution < 1.29 is 31.8 Å². The van der Waals surface area contributed by atoms with Gasteiger partial charge in [0.15, 0.2) is 11.5 Å². The van der Waals surface area contributed by atoms with Crippen LogP contribution in [-0.2, 0) is 21.4 Å². The molecule has 3 aromatic carbocycles. The van der Waals surface area contributed by atoms with Gasteiger partial charge in [-0.05, 0) is 54.1 Å². The molecule has 0 bridgehead atoms. The highest BCUT2D eigenvalue weighted by molar-refractivity contribution is 7.92. The number of amides is 1. The number of nitrogens with zero attached hydrogens (tertiary/aromatic N) is 1. The standard InChI is InChI=1S/C24H25FN2O6S/c1-31-20-10-8-19(9-11-20)27(16-24(28)26-15-17-4-6-18(25)7-5-17)34(29,30)21-12-13-22(32-2)23(14-21)33-3/h4-14H,15-16H2,1-3H3,(H,26,28). The predicted molar refractivity (Wildman–Crippen MR) is 125 cm³/mol. The number of carbonyl (C=O) groups is 1. The number of benzene rings is 3. The molecule has 10 heteroatoms. The van der Waals surface area contributed by atoms with E-state index in [1.807, 2.05) is 0 Å². The zero-order valence-corrected chi connectivity index (χ0v) is 19.8. The Kier molecular flexibility index (Phi) is 7.95. The third-order valence-corrected chi connectivity index (χ3v) is 6.76. The highest BCUT2D eigenvalue weighted by Crippen LogP contribution is 2.32. The van der Waals surface area contributed by atoms with E-state index < -0.39 is 22.5 Å². The second-order valence-corrected chi connectivity index (χ2v) is 8.99. The van der Waals surface area contributed by atoms with Crippen molar-refractivity contribution in [3.63, 3.8) is 0 Å². The first-order valence-corrected chi connectivity index (χ1v) is 11.6. The molecule has 1 N–H and O–H groups in total. The second-order valence-electron chi connectivity index (χ2n) is 7.13. The number of sulfonamides is 1. The summed E-state index contributed by atoms with van der Waals surface area (Å²) in [6, 6.07) is 16.1. The zero-order valence-electron chi connectivity index (χ0n) is 18.9. The van der Waals surface area contributed by atoms with Gasteiger partial charge in [0.2, 0.25) is 5.91 Å². The number of carbonyl (C=O) groups excluding carboxylic acids is 1. The summed E-state index contributed by atoms with van der Waals surface area (Å²) in [5.41, 5.74) is 0.945. The van der Waals surface area contributed by atoms with Crippen molar-refractivity contribution in [2.45, 2.75) is 11.4 Å². The minimum Gasteiger partial charge on any atom is -0.497 e. The predicted octanol–water partition coefficient (Wildman–Crippen LogP) is 3.36. The van der Waals surface area contributed by atoms with E-state index in [9.17, 15) is 17.6 Å². The molecule has 0 aromatic heterocycles. The smallest absolute Gasteiger partial charge is 0.264 e. The van der Waals surface area contributed by atoms with Crippen LogP contribution in [0.5, 0.6) is 17.2 Å². The van der Waals surface area contributed by atoms with Crippen molar-refractivity contribution in [3.05, 3.63) is 78.1 Å². The SMILES string of the molecule is COc1ccc(N(CC(=O)NCc2ccc(F)cc2)S(=O)(=O)c2ccc(OC)c(OC)c2)cc1.